The van der Waals surface area contributed by atoms with E-state index in [1.54, 1.807) is 6.07 Å². The van der Waals surface area contributed by atoms with Crippen molar-refractivity contribution in [2.24, 2.45) is 5.92 Å². The maximum atomic E-state index is 12.5. The lowest BCUT2D eigenvalue weighted by molar-refractivity contribution is 0.261. The molecule has 0 heterocycles. The van der Waals surface area contributed by atoms with Crippen LogP contribution in [0.15, 0.2) is 23.1 Å². The summed E-state index contributed by atoms with van der Waals surface area (Å²) < 4.78 is 25.0. The van der Waals surface area contributed by atoms with Crippen molar-refractivity contribution >= 4 is 33.0 Å². The SMILES string of the molecule is CC(C)CCN(CCS(=O)(=O)c1cc(Cl)ccc1Cl)C1CC1. The van der Waals surface area contributed by atoms with Gasteiger partial charge in [0.2, 0.25) is 0 Å². The Balaban J connectivity index is 2.03. The van der Waals surface area contributed by atoms with Crippen LogP contribution in [0.5, 0.6) is 0 Å². The fourth-order valence-electron chi connectivity index (χ4n) is 2.40. The first-order valence-corrected chi connectivity index (χ1v) is 10.1. The van der Waals surface area contributed by atoms with E-state index in [9.17, 15) is 8.42 Å². The van der Waals surface area contributed by atoms with Crippen molar-refractivity contribution in [3.05, 3.63) is 28.2 Å². The largest absolute Gasteiger partial charge is 0.299 e. The third kappa shape index (κ3) is 5.12. The topological polar surface area (TPSA) is 37.4 Å². The zero-order valence-corrected chi connectivity index (χ0v) is 15.4. The Morgan fingerprint density at radius 2 is 1.91 bits per heavy atom. The highest BCUT2D eigenvalue weighted by Crippen LogP contribution is 2.29. The number of rotatable bonds is 8. The zero-order chi connectivity index (χ0) is 16.3. The van der Waals surface area contributed by atoms with Crippen LogP contribution >= 0.6 is 23.2 Å². The molecule has 0 N–H and O–H groups in total. The van der Waals surface area contributed by atoms with Crippen molar-refractivity contribution in [3.8, 4) is 0 Å². The molecule has 6 heteroatoms. The van der Waals surface area contributed by atoms with Crippen LogP contribution in [-0.4, -0.2) is 38.2 Å². The Hall–Kier alpha value is -0.290. The Morgan fingerprint density at radius 3 is 2.50 bits per heavy atom. The lowest BCUT2D eigenvalue weighted by atomic mass is 10.1. The van der Waals surface area contributed by atoms with Gasteiger partial charge in [-0.15, -0.1) is 0 Å². The third-order valence-electron chi connectivity index (χ3n) is 3.93. The molecule has 0 bridgehead atoms. The molecule has 0 unspecified atom stereocenters. The summed E-state index contributed by atoms with van der Waals surface area (Å²) in [4.78, 5) is 2.44. The highest BCUT2D eigenvalue weighted by atomic mass is 35.5. The minimum absolute atomic E-state index is 0.0850. The molecular weight excluding hydrogens is 341 g/mol. The molecule has 22 heavy (non-hydrogen) atoms. The van der Waals surface area contributed by atoms with Gasteiger partial charge in [-0.25, -0.2) is 8.42 Å². The Labute approximate surface area is 143 Å². The number of benzene rings is 1. The van der Waals surface area contributed by atoms with E-state index < -0.39 is 9.84 Å². The third-order valence-corrected chi connectivity index (χ3v) is 6.34. The van der Waals surface area contributed by atoms with Crippen molar-refractivity contribution in [1.29, 1.82) is 0 Å². The summed E-state index contributed by atoms with van der Waals surface area (Å²) in [6.07, 6.45) is 3.45. The maximum Gasteiger partial charge on any atom is 0.181 e. The van der Waals surface area contributed by atoms with E-state index in [1.807, 2.05) is 0 Å². The van der Waals surface area contributed by atoms with Gasteiger partial charge in [0.15, 0.2) is 9.84 Å². The highest BCUT2D eigenvalue weighted by Gasteiger charge is 2.30. The number of nitrogens with zero attached hydrogens (tertiary/aromatic N) is 1. The van der Waals surface area contributed by atoms with Gasteiger partial charge in [0.1, 0.15) is 0 Å². The molecule has 0 atom stereocenters. The molecule has 1 fully saturated rings. The average Bonchev–Trinajstić information content (AvgIpc) is 3.25. The van der Waals surface area contributed by atoms with Gasteiger partial charge in [-0.2, -0.15) is 0 Å². The molecule has 0 saturated heterocycles. The standard InChI is InChI=1S/C16H23Cl2NO2S/c1-12(2)7-8-19(14-4-5-14)9-10-22(20,21)16-11-13(17)3-6-15(16)18/h3,6,11-12,14H,4-5,7-10H2,1-2H3. The molecule has 1 aliphatic carbocycles. The fourth-order valence-corrected chi connectivity index (χ4v) is 4.48. The Bertz CT molecular complexity index is 613. The first kappa shape index (κ1) is 18.1. The maximum absolute atomic E-state index is 12.5. The van der Waals surface area contributed by atoms with Crippen LogP contribution in [-0.2, 0) is 9.84 Å². The molecule has 0 amide bonds. The first-order chi connectivity index (χ1) is 10.3. The predicted octanol–water partition coefficient (Wildman–Crippen LogP) is 4.28. The second kappa shape index (κ2) is 7.52. The number of hydrogen-bond acceptors (Lipinski definition) is 3. The second-order valence-corrected chi connectivity index (χ2v) is 9.26. The van der Waals surface area contributed by atoms with Crippen LogP contribution in [0.4, 0.5) is 0 Å². The van der Waals surface area contributed by atoms with Crippen molar-refractivity contribution < 1.29 is 8.42 Å². The summed E-state index contributed by atoms with van der Waals surface area (Å²) in [7, 11) is -3.41. The minimum atomic E-state index is -3.41. The van der Waals surface area contributed by atoms with E-state index in [-0.39, 0.29) is 15.7 Å². The first-order valence-electron chi connectivity index (χ1n) is 7.71. The van der Waals surface area contributed by atoms with Crippen LogP contribution in [0.25, 0.3) is 0 Å². The van der Waals surface area contributed by atoms with Crippen molar-refractivity contribution in [1.82, 2.24) is 4.90 Å². The monoisotopic (exact) mass is 363 g/mol. The van der Waals surface area contributed by atoms with Crippen LogP contribution in [0, 0.1) is 5.92 Å². The van der Waals surface area contributed by atoms with Crippen LogP contribution in [0.1, 0.15) is 33.1 Å². The van der Waals surface area contributed by atoms with Gasteiger partial charge in [-0.3, -0.25) is 4.90 Å². The van der Waals surface area contributed by atoms with Gasteiger partial charge in [0.25, 0.3) is 0 Å². The number of halogens is 2. The number of sulfone groups is 1. The summed E-state index contributed by atoms with van der Waals surface area (Å²) in [6.45, 7) is 5.89. The van der Waals surface area contributed by atoms with Crippen LogP contribution < -0.4 is 0 Å². The lowest BCUT2D eigenvalue weighted by Crippen LogP contribution is -2.33. The van der Waals surface area contributed by atoms with Crippen molar-refractivity contribution in [3.63, 3.8) is 0 Å². The fraction of sp³-hybridized carbons (Fsp3) is 0.625. The van der Waals surface area contributed by atoms with Gasteiger partial charge in [-0.1, -0.05) is 37.0 Å². The molecule has 1 saturated carbocycles. The predicted molar refractivity (Wildman–Crippen MR) is 92.6 cm³/mol. The molecule has 124 valence electrons. The van der Waals surface area contributed by atoms with Crippen molar-refractivity contribution in [2.45, 2.75) is 44.0 Å². The second-order valence-electron chi connectivity index (χ2n) is 6.34. The van der Waals surface area contributed by atoms with E-state index in [2.05, 4.69) is 18.7 Å². The zero-order valence-electron chi connectivity index (χ0n) is 13.1. The Kier molecular flexibility index (Phi) is 6.17. The summed E-state index contributed by atoms with van der Waals surface area (Å²) in [6, 6.07) is 5.13. The molecule has 0 aromatic heterocycles. The summed E-state index contributed by atoms with van der Waals surface area (Å²) in [5.74, 6) is 0.710. The van der Waals surface area contributed by atoms with Crippen molar-refractivity contribution in [2.75, 3.05) is 18.8 Å². The van der Waals surface area contributed by atoms with Gasteiger partial charge in [-0.05, 0) is 49.9 Å². The minimum Gasteiger partial charge on any atom is -0.299 e. The highest BCUT2D eigenvalue weighted by molar-refractivity contribution is 7.91. The molecule has 2 rings (SSSR count). The molecule has 0 spiro atoms. The van der Waals surface area contributed by atoms with Crippen LogP contribution in [0.2, 0.25) is 10.0 Å². The number of hydrogen-bond donors (Lipinski definition) is 0. The van der Waals surface area contributed by atoms with Gasteiger partial charge in [0.05, 0.1) is 15.7 Å². The van der Waals surface area contributed by atoms with E-state index in [4.69, 9.17) is 23.2 Å². The van der Waals surface area contributed by atoms with E-state index in [0.717, 1.165) is 13.0 Å². The molecule has 3 nitrogen and oxygen atoms in total. The average molecular weight is 364 g/mol. The van der Waals surface area contributed by atoms with Gasteiger partial charge < -0.3 is 0 Å². The molecule has 0 aliphatic heterocycles. The molecule has 1 aliphatic rings. The normalized spacial score (nSPS) is 15.7. The summed E-state index contributed by atoms with van der Waals surface area (Å²) >= 11 is 11.9. The summed E-state index contributed by atoms with van der Waals surface area (Å²) in [5, 5.41) is 0.631. The Morgan fingerprint density at radius 1 is 1.23 bits per heavy atom. The van der Waals surface area contributed by atoms with Gasteiger partial charge >= 0.3 is 0 Å². The van der Waals surface area contributed by atoms with E-state index >= 15 is 0 Å². The van der Waals surface area contributed by atoms with Gasteiger partial charge in [0, 0.05) is 17.6 Å². The summed E-state index contributed by atoms with van der Waals surface area (Å²) in [5.41, 5.74) is 0. The lowest BCUT2D eigenvalue weighted by Gasteiger charge is -2.23. The molecule has 1 aromatic rings. The van der Waals surface area contributed by atoms with Crippen LogP contribution in [0.3, 0.4) is 0 Å². The van der Waals surface area contributed by atoms with E-state index in [0.29, 0.717) is 23.5 Å². The molecular formula is C16H23Cl2NO2S. The molecule has 1 aromatic carbocycles. The molecule has 0 radical (unpaired) electrons. The smallest absolute Gasteiger partial charge is 0.181 e. The van der Waals surface area contributed by atoms with E-state index in [1.165, 1.54) is 25.0 Å². The quantitative estimate of drug-likeness (QED) is 0.691.